The van der Waals surface area contributed by atoms with E-state index in [9.17, 15) is 4.79 Å². The third kappa shape index (κ3) is 3.71. The van der Waals surface area contributed by atoms with Gasteiger partial charge in [-0.1, -0.05) is 6.92 Å². The van der Waals surface area contributed by atoms with Crippen LogP contribution in [-0.2, 0) is 0 Å². The highest BCUT2D eigenvalue weighted by Gasteiger charge is 2.20. The van der Waals surface area contributed by atoms with Crippen molar-refractivity contribution in [1.29, 1.82) is 0 Å². The number of amides is 1. The Kier molecular flexibility index (Phi) is 4.45. The minimum atomic E-state index is -0.523. The van der Waals surface area contributed by atoms with Gasteiger partial charge in [-0.25, -0.2) is 0 Å². The monoisotopic (exact) mass is 236 g/mol. The Labute approximate surface area is 102 Å². The molecule has 0 saturated carbocycles. The van der Waals surface area contributed by atoms with Gasteiger partial charge in [0.05, 0.1) is 0 Å². The highest BCUT2D eigenvalue weighted by atomic mass is 16.1. The molecule has 0 aromatic carbocycles. The third-order valence-corrected chi connectivity index (χ3v) is 2.93. The second kappa shape index (κ2) is 5.63. The topological polar surface area (TPSA) is 94.0 Å². The van der Waals surface area contributed by atoms with E-state index in [-0.39, 0.29) is 11.2 Å². The number of rotatable bonds is 6. The van der Waals surface area contributed by atoms with Gasteiger partial charge in [-0.05, 0) is 38.4 Å². The van der Waals surface area contributed by atoms with Crippen molar-refractivity contribution < 1.29 is 4.79 Å². The lowest BCUT2D eigenvalue weighted by atomic mass is 9.94. The minimum Gasteiger partial charge on any atom is -0.380 e. The number of carbonyl (C=O) groups excluding carboxylic acids is 1. The van der Waals surface area contributed by atoms with Crippen molar-refractivity contribution in [2.24, 2.45) is 11.5 Å². The van der Waals surface area contributed by atoms with Gasteiger partial charge in [-0.2, -0.15) is 0 Å². The van der Waals surface area contributed by atoms with Crippen LogP contribution in [0.1, 0.15) is 37.2 Å². The summed E-state index contributed by atoms with van der Waals surface area (Å²) in [5.41, 5.74) is 11.8. The van der Waals surface area contributed by atoms with Crippen LogP contribution in [-0.4, -0.2) is 23.0 Å². The quantitative estimate of drug-likeness (QED) is 0.689. The van der Waals surface area contributed by atoms with Crippen LogP contribution < -0.4 is 16.8 Å². The maximum atomic E-state index is 11.0. The molecule has 1 heterocycles. The molecule has 1 unspecified atom stereocenters. The highest BCUT2D eigenvalue weighted by Crippen LogP contribution is 2.21. The van der Waals surface area contributed by atoms with Crippen molar-refractivity contribution >= 4 is 11.6 Å². The summed E-state index contributed by atoms with van der Waals surface area (Å²) in [5.74, 6) is -0.523. The van der Waals surface area contributed by atoms with Gasteiger partial charge >= 0.3 is 0 Å². The zero-order chi connectivity index (χ0) is 12.9. The molecule has 0 spiro atoms. The molecule has 0 fully saturated rings. The maximum absolute atomic E-state index is 11.0. The summed E-state index contributed by atoms with van der Waals surface area (Å²) in [6.07, 6.45) is 3.37. The van der Waals surface area contributed by atoms with Crippen LogP contribution in [0, 0.1) is 0 Å². The summed E-state index contributed by atoms with van der Waals surface area (Å²) < 4.78 is 0. The largest absolute Gasteiger partial charge is 0.380 e. The van der Waals surface area contributed by atoms with E-state index in [2.05, 4.69) is 24.1 Å². The van der Waals surface area contributed by atoms with E-state index in [4.69, 9.17) is 11.5 Å². The molecule has 1 amide bonds. The number of primary amides is 1. The molecule has 0 aliphatic heterocycles. The Bertz CT molecular complexity index is 394. The first-order valence-electron chi connectivity index (χ1n) is 5.75. The normalized spacial score (nSPS) is 14.1. The lowest BCUT2D eigenvalue weighted by Crippen LogP contribution is -2.36. The number of hydrogen-bond donors (Lipinski definition) is 3. The van der Waals surface area contributed by atoms with Gasteiger partial charge in [0.25, 0.3) is 5.91 Å². The molecule has 5 N–H and O–H groups in total. The first kappa shape index (κ1) is 13.4. The molecule has 5 heteroatoms. The van der Waals surface area contributed by atoms with Crippen molar-refractivity contribution in [3.8, 4) is 0 Å². The van der Waals surface area contributed by atoms with Gasteiger partial charge in [0.15, 0.2) is 0 Å². The van der Waals surface area contributed by atoms with Crippen LogP contribution in [0.3, 0.4) is 0 Å². The highest BCUT2D eigenvalue weighted by molar-refractivity contribution is 5.91. The summed E-state index contributed by atoms with van der Waals surface area (Å²) in [4.78, 5) is 14.9. The van der Waals surface area contributed by atoms with E-state index in [1.165, 1.54) is 0 Å². The number of pyridine rings is 1. The SMILES string of the molecule is CCC(C)(CCN)Nc1ccnc(C(N)=O)c1. The standard InChI is InChI=1S/C12H20N4O/c1-3-12(2,5-6-13)16-9-4-7-15-10(8-9)11(14)17/h4,7-8H,3,5-6,13H2,1-2H3,(H2,14,17)(H,15,16). The van der Waals surface area contributed by atoms with Crippen molar-refractivity contribution in [2.75, 3.05) is 11.9 Å². The molecule has 0 aliphatic carbocycles. The maximum Gasteiger partial charge on any atom is 0.267 e. The van der Waals surface area contributed by atoms with Crippen LogP contribution in [0.25, 0.3) is 0 Å². The summed E-state index contributed by atoms with van der Waals surface area (Å²) >= 11 is 0. The molecular weight excluding hydrogens is 216 g/mol. The lowest BCUT2D eigenvalue weighted by molar-refractivity contribution is 0.0995. The van der Waals surface area contributed by atoms with Crippen LogP contribution >= 0.6 is 0 Å². The molecule has 0 radical (unpaired) electrons. The van der Waals surface area contributed by atoms with E-state index < -0.39 is 5.91 Å². The molecule has 94 valence electrons. The average Bonchev–Trinajstić information content (AvgIpc) is 2.29. The zero-order valence-electron chi connectivity index (χ0n) is 10.4. The van der Waals surface area contributed by atoms with Gasteiger partial charge in [-0.3, -0.25) is 9.78 Å². The van der Waals surface area contributed by atoms with Crippen molar-refractivity contribution in [3.05, 3.63) is 24.0 Å². The van der Waals surface area contributed by atoms with Crippen LogP contribution in [0.2, 0.25) is 0 Å². The van der Waals surface area contributed by atoms with Gasteiger partial charge in [0.1, 0.15) is 5.69 Å². The van der Waals surface area contributed by atoms with E-state index in [1.54, 1.807) is 12.3 Å². The first-order valence-corrected chi connectivity index (χ1v) is 5.75. The Morgan fingerprint density at radius 3 is 2.82 bits per heavy atom. The van der Waals surface area contributed by atoms with Gasteiger partial charge in [0, 0.05) is 17.4 Å². The molecule has 17 heavy (non-hydrogen) atoms. The molecule has 0 bridgehead atoms. The fourth-order valence-corrected chi connectivity index (χ4v) is 1.64. The smallest absolute Gasteiger partial charge is 0.267 e. The van der Waals surface area contributed by atoms with E-state index in [0.29, 0.717) is 6.54 Å². The predicted octanol–water partition coefficient (Wildman–Crippen LogP) is 1.11. The Balaban J connectivity index is 2.86. The third-order valence-electron chi connectivity index (χ3n) is 2.93. The Morgan fingerprint density at radius 1 is 1.59 bits per heavy atom. The number of nitrogens with two attached hydrogens (primary N) is 2. The van der Waals surface area contributed by atoms with Crippen LogP contribution in [0.15, 0.2) is 18.3 Å². The molecule has 5 nitrogen and oxygen atoms in total. The Hall–Kier alpha value is -1.62. The number of aromatic nitrogens is 1. The predicted molar refractivity (Wildman–Crippen MR) is 68.7 cm³/mol. The van der Waals surface area contributed by atoms with E-state index in [1.807, 2.05) is 6.07 Å². The molecule has 0 saturated heterocycles. The molecule has 1 aromatic rings. The fraction of sp³-hybridized carbons (Fsp3) is 0.500. The summed E-state index contributed by atoms with van der Waals surface area (Å²) in [5, 5.41) is 3.37. The second-order valence-electron chi connectivity index (χ2n) is 4.37. The van der Waals surface area contributed by atoms with E-state index >= 15 is 0 Å². The number of anilines is 1. The first-order chi connectivity index (χ1) is 8.00. The summed E-state index contributed by atoms with van der Waals surface area (Å²) in [6.45, 7) is 4.81. The van der Waals surface area contributed by atoms with E-state index in [0.717, 1.165) is 18.5 Å². The van der Waals surface area contributed by atoms with Crippen molar-refractivity contribution in [1.82, 2.24) is 4.98 Å². The van der Waals surface area contributed by atoms with Gasteiger partial charge in [0.2, 0.25) is 0 Å². The average molecular weight is 236 g/mol. The number of nitrogens with one attached hydrogen (secondary N) is 1. The minimum absolute atomic E-state index is 0.0784. The summed E-state index contributed by atoms with van der Waals surface area (Å²) in [7, 11) is 0. The molecule has 1 rings (SSSR count). The molecule has 1 atom stereocenters. The fourth-order valence-electron chi connectivity index (χ4n) is 1.64. The molecule has 1 aromatic heterocycles. The molecule has 0 aliphatic rings. The number of hydrogen-bond acceptors (Lipinski definition) is 4. The number of nitrogens with zero attached hydrogens (tertiary/aromatic N) is 1. The zero-order valence-corrected chi connectivity index (χ0v) is 10.4. The van der Waals surface area contributed by atoms with Crippen molar-refractivity contribution in [2.45, 2.75) is 32.2 Å². The number of carbonyl (C=O) groups is 1. The second-order valence-corrected chi connectivity index (χ2v) is 4.37. The molecular formula is C12H20N4O. The van der Waals surface area contributed by atoms with Crippen LogP contribution in [0.5, 0.6) is 0 Å². The van der Waals surface area contributed by atoms with Crippen LogP contribution in [0.4, 0.5) is 5.69 Å². The van der Waals surface area contributed by atoms with Gasteiger partial charge < -0.3 is 16.8 Å². The van der Waals surface area contributed by atoms with Crippen molar-refractivity contribution in [3.63, 3.8) is 0 Å². The Morgan fingerprint density at radius 2 is 2.29 bits per heavy atom. The summed E-state index contributed by atoms with van der Waals surface area (Å²) in [6, 6.07) is 3.48. The lowest BCUT2D eigenvalue weighted by Gasteiger charge is -2.30. The van der Waals surface area contributed by atoms with Gasteiger partial charge in [-0.15, -0.1) is 0 Å².